The summed E-state index contributed by atoms with van der Waals surface area (Å²) in [4.78, 5) is 30.3. The lowest BCUT2D eigenvalue weighted by Gasteiger charge is -2.26. The van der Waals surface area contributed by atoms with Gasteiger partial charge in [-0.05, 0) is 82.5 Å². The molecule has 50 heavy (non-hydrogen) atoms. The molecule has 2 aliphatic heterocycles. The third-order valence-electron chi connectivity index (χ3n) is 10.2. The van der Waals surface area contributed by atoms with E-state index in [2.05, 4.69) is 9.80 Å². The second kappa shape index (κ2) is 15.5. The highest BCUT2D eigenvalue weighted by molar-refractivity contribution is 6.24. The summed E-state index contributed by atoms with van der Waals surface area (Å²) < 4.78 is 23.2. The standard InChI is InChI=1S/2C21H23NO3/c1-24-17-9-4-7-15-19(17)20-16(21(15)23)8-5-10-18(20)25-14-6-13-22-11-2-3-12-22;1-24-17-9-5-7-15-19(17)20-16(21(15)23)8-6-10-18(20)25-14-13-22-11-3-2-4-12-22/h4-5,7-10H,2-3,6,11-14H2,1H3;5-10H,2-4,11-14H2,1H3. The third kappa shape index (κ3) is 6.74. The number of carbonyl (C=O) groups is 2. The van der Waals surface area contributed by atoms with Crippen LogP contribution in [0.2, 0.25) is 0 Å². The molecule has 0 aromatic heterocycles. The van der Waals surface area contributed by atoms with Gasteiger partial charge in [0.25, 0.3) is 0 Å². The zero-order chi connectivity index (χ0) is 34.5. The van der Waals surface area contributed by atoms with E-state index < -0.39 is 0 Å². The molecule has 0 unspecified atom stereocenters. The molecule has 4 aliphatic rings. The number of likely N-dealkylation sites (tertiary alicyclic amines) is 2. The topological polar surface area (TPSA) is 77.5 Å². The van der Waals surface area contributed by atoms with Crippen LogP contribution < -0.4 is 18.9 Å². The Labute approximate surface area is 294 Å². The molecule has 8 nitrogen and oxygen atoms in total. The van der Waals surface area contributed by atoms with Gasteiger partial charge in [-0.2, -0.15) is 0 Å². The van der Waals surface area contributed by atoms with E-state index in [1.807, 2.05) is 72.8 Å². The first-order valence-corrected chi connectivity index (χ1v) is 18.0. The van der Waals surface area contributed by atoms with E-state index in [9.17, 15) is 9.59 Å². The number of carbonyl (C=O) groups excluding carboxylic acids is 2. The molecule has 0 radical (unpaired) electrons. The molecule has 0 atom stereocenters. The van der Waals surface area contributed by atoms with Crippen molar-refractivity contribution >= 4 is 11.6 Å². The highest BCUT2D eigenvalue weighted by Gasteiger charge is 2.33. The maximum atomic E-state index is 12.7. The number of hydrogen-bond acceptors (Lipinski definition) is 8. The molecule has 2 saturated heterocycles. The van der Waals surface area contributed by atoms with Gasteiger partial charge in [-0.1, -0.05) is 55.0 Å². The summed E-state index contributed by atoms with van der Waals surface area (Å²) in [6.45, 7) is 8.03. The second-order valence-corrected chi connectivity index (χ2v) is 13.3. The summed E-state index contributed by atoms with van der Waals surface area (Å²) >= 11 is 0. The minimum atomic E-state index is 0.0466. The van der Waals surface area contributed by atoms with Crippen molar-refractivity contribution in [3.63, 3.8) is 0 Å². The largest absolute Gasteiger partial charge is 0.496 e. The molecular formula is C42H46N2O6. The van der Waals surface area contributed by atoms with Crippen molar-refractivity contribution in [1.29, 1.82) is 0 Å². The molecule has 0 spiro atoms. The van der Waals surface area contributed by atoms with Crippen LogP contribution in [0.1, 0.15) is 70.4 Å². The first-order chi connectivity index (χ1) is 24.6. The van der Waals surface area contributed by atoms with E-state index in [1.165, 1.54) is 45.2 Å². The van der Waals surface area contributed by atoms with E-state index in [0.717, 1.165) is 77.9 Å². The molecule has 8 rings (SSSR count). The van der Waals surface area contributed by atoms with Gasteiger partial charge in [-0.3, -0.25) is 14.5 Å². The minimum absolute atomic E-state index is 0.0466. The molecule has 0 N–H and O–H groups in total. The van der Waals surface area contributed by atoms with Crippen LogP contribution in [0.4, 0.5) is 0 Å². The number of ether oxygens (including phenoxy) is 4. The lowest BCUT2D eigenvalue weighted by Crippen LogP contribution is -2.33. The molecule has 2 fully saturated rings. The number of piperidine rings is 1. The first-order valence-electron chi connectivity index (χ1n) is 18.0. The number of benzene rings is 4. The first kappa shape index (κ1) is 33.8. The van der Waals surface area contributed by atoms with E-state index >= 15 is 0 Å². The van der Waals surface area contributed by atoms with Crippen molar-refractivity contribution in [2.75, 3.05) is 66.7 Å². The van der Waals surface area contributed by atoms with Crippen LogP contribution in [0.15, 0.2) is 72.8 Å². The number of fused-ring (bicyclic) bond motifs is 6. The highest BCUT2D eigenvalue weighted by Crippen LogP contribution is 2.48. The van der Waals surface area contributed by atoms with Crippen LogP contribution in [0.5, 0.6) is 23.0 Å². The van der Waals surface area contributed by atoms with E-state index in [-0.39, 0.29) is 11.6 Å². The zero-order valence-corrected chi connectivity index (χ0v) is 29.2. The van der Waals surface area contributed by atoms with Crippen molar-refractivity contribution in [3.8, 4) is 45.3 Å². The number of methoxy groups -OCH3 is 2. The van der Waals surface area contributed by atoms with Gasteiger partial charge in [0.2, 0.25) is 0 Å². The van der Waals surface area contributed by atoms with Crippen LogP contribution in [0.3, 0.4) is 0 Å². The minimum Gasteiger partial charge on any atom is -0.496 e. The fraction of sp³-hybridized carbons (Fsp3) is 0.381. The molecule has 260 valence electrons. The molecular weight excluding hydrogens is 628 g/mol. The number of hydrogen-bond donors (Lipinski definition) is 0. The zero-order valence-electron chi connectivity index (χ0n) is 29.2. The Balaban J connectivity index is 0.000000157. The van der Waals surface area contributed by atoms with Crippen LogP contribution in [0.25, 0.3) is 22.3 Å². The summed E-state index contributed by atoms with van der Waals surface area (Å²) in [5.74, 6) is 3.08. The SMILES string of the molecule is COc1cccc2c1-c1c(OCCCN3CCCC3)cccc1C2=O.COc1cccc2c1-c1c(OCCN3CCCCC3)cccc1C2=O. The summed E-state index contributed by atoms with van der Waals surface area (Å²) in [5.41, 5.74) is 6.27. The van der Waals surface area contributed by atoms with Crippen molar-refractivity contribution in [1.82, 2.24) is 9.80 Å². The number of ketones is 2. The Bertz CT molecular complexity index is 1860. The Morgan fingerprint density at radius 2 is 0.860 bits per heavy atom. The molecule has 2 aliphatic carbocycles. The summed E-state index contributed by atoms with van der Waals surface area (Å²) in [7, 11) is 3.27. The molecule has 4 aromatic carbocycles. The maximum absolute atomic E-state index is 12.7. The van der Waals surface area contributed by atoms with Gasteiger partial charge in [0.1, 0.15) is 29.6 Å². The third-order valence-corrected chi connectivity index (χ3v) is 10.2. The molecule has 0 bridgehead atoms. The molecule has 8 heteroatoms. The smallest absolute Gasteiger partial charge is 0.194 e. The molecule has 0 saturated carbocycles. The lowest BCUT2D eigenvalue weighted by atomic mass is 10.0. The Kier molecular flexibility index (Phi) is 10.5. The van der Waals surface area contributed by atoms with Gasteiger partial charge in [0.15, 0.2) is 11.6 Å². The van der Waals surface area contributed by atoms with Crippen molar-refractivity contribution in [3.05, 3.63) is 95.1 Å². The van der Waals surface area contributed by atoms with Gasteiger partial charge in [0.05, 0.1) is 20.8 Å². The van der Waals surface area contributed by atoms with E-state index in [0.29, 0.717) is 35.5 Å². The van der Waals surface area contributed by atoms with E-state index in [4.69, 9.17) is 18.9 Å². The second-order valence-electron chi connectivity index (χ2n) is 13.3. The van der Waals surface area contributed by atoms with Gasteiger partial charge in [-0.25, -0.2) is 0 Å². The highest BCUT2D eigenvalue weighted by atomic mass is 16.5. The van der Waals surface area contributed by atoms with Gasteiger partial charge in [-0.15, -0.1) is 0 Å². The summed E-state index contributed by atoms with van der Waals surface area (Å²) in [5, 5.41) is 0. The predicted octanol–water partition coefficient (Wildman–Crippen LogP) is 7.54. The van der Waals surface area contributed by atoms with Crippen LogP contribution in [-0.2, 0) is 0 Å². The van der Waals surface area contributed by atoms with Crippen molar-refractivity contribution < 1.29 is 28.5 Å². The average molecular weight is 675 g/mol. The monoisotopic (exact) mass is 674 g/mol. The number of nitrogens with zero attached hydrogens (tertiary/aromatic N) is 2. The van der Waals surface area contributed by atoms with Crippen LogP contribution >= 0.6 is 0 Å². The van der Waals surface area contributed by atoms with Gasteiger partial charge in [0, 0.05) is 57.6 Å². The summed E-state index contributed by atoms with van der Waals surface area (Å²) in [6.07, 6.45) is 7.51. The van der Waals surface area contributed by atoms with Crippen LogP contribution in [-0.4, -0.2) is 88.1 Å². The molecule has 2 heterocycles. The normalized spacial score (nSPS) is 16.2. The van der Waals surface area contributed by atoms with Gasteiger partial charge < -0.3 is 23.8 Å². The average Bonchev–Trinajstić information content (AvgIpc) is 3.87. The Morgan fingerprint density at radius 3 is 1.32 bits per heavy atom. The Hall–Kier alpha value is -4.66. The van der Waals surface area contributed by atoms with Crippen molar-refractivity contribution in [2.24, 2.45) is 0 Å². The number of rotatable bonds is 11. The predicted molar refractivity (Wildman–Crippen MR) is 195 cm³/mol. The Morgan fingerprint density at radius 1 is 0.480 bits per heavy atom. The fourth-order valence-electron chi connectivity index (χ4n) is 7.73. The van der Waals surface area contributed by atoms with Crippen molar-refractivity contribution in [2.45, 2.75) is 38.5 Å². The van der Waals surface area contributed by atoms with Gasteiger partial charge >= 0.3 is 0 Å². The maximum Gasteiger partial charge on any atom is 0.194 e. The molecule has 4 aromatic rings. The fourth-order valence-corrected chi connectivity index (χ4v) is 7.73. The lowest BCUT2D eigenvalue weighted by molar-refractivity contribution is 0.103. The molecule has 0 amide bonds. The van der Waals surface area contributed by atoms with Crippen LogP contribution in [0, 0.1) is 0 Å². The quantitative estimate of drug-likeness (QED) is 0.131. The van der Waals surface area contributed by atoms with E-state index in [1.54, 1.807) is 14.2 Å². The summed E-state index contributed by atoms with van der Waals surface area (Å²) in [6, 6.07) is 22.6.